The van der Waals surface area contributed by atoms with E-state index in [1.54, 1.807) is 6.08 Å². The average Bonchev–Trinajstić information content (AvgIpc) is 2.24. The quantitative estimate of drug-likeness (QED) is 0.698. The van der Waals surface area contributed by atoms with Gasteiger partial charge in [0, 0.05) is 19.1 Å². The number of hydrogen-bond acceptors (Lipinski definition) is 3. The van der Waals surface area contributed by atoms with Gasteiger partial charge in [0.15, 0.2) is 0 Å². The van der Waals surface area contributed by atoms with Gasteiger partial charge in [-0.1, -0.05) is 24.3 Å². The summed E-state index contributed by atoms with van der Waals surface area (Å²) in [7, 11) is 0. The van der Waals surface area contributed by atoms with Crippen LogP contribution in [0.25, 0.3) is 0 Å². The molecule has 0 aliphatic carbocycles. The normalized spacial score (nSPS) is 13.8. The minimum atomic E-state index is -0.444. The third kappa shape index (κ3) is 11.5. The molecule has 0 spiro atoms. The van der Waals surface area contributed by atoms with Crippen LogP contribution in [0.4, 0.5) is 4.79 Å². The summed E-state index contributed by atoms with van der Waals surface area (Å²) in [6.07, 6.45) is 4.27. The summed E-state index contributed by atoms with van der Waals surface area (Å²) in [4.78, 5) is 11.4. The monoisotopic (exact) mass is 268 g/mol. The maximum Gasteiger partial charge on any atom is 0.407 e. The number of alkyl carbamates (subject to hydrolysis) is 1. The zero-order valence-corrected chi connectivity index (χ0v) is 12.9. The van der Waals surface area contributed by atoms with Gasteiger partial charge in [0.2, 0.25) is 0 Å². The molecule has 0 aromatic rings. The first-order valence-electron chi connectivity index (χ1n) is 6.73. The van der Waals surface area contributed by atoms with Gasteiger partial charge in [0.1, 0.15) is 5.60 Å². The second-order valence-electron chi connectivity index (χ2n) is 5.75. The lowest BCUT2D eigenvalue weighted by Gasteiger charge is -2.20. The first-order chi connectivity index (χ1) is 8.74. The van der Waals surface area contributed by atoms with E-state index in [1.165, 1.54) is 5.57 Å². The van der Waals surface area contributed by atoms with Crippen molar-refractivity contribution in [2.24, 2.45) is 0 Å². The number of ether oxygens (including phenoxy) is 1. The molecule has 0 rings (SSSR count). The van der Waals surface area contributed by atoms with Gasteiger partial charge >= 0.3 is 6.09 Å². The van der Waals surface area contributed by atoms with Gasteiger partial charge in [-0.2, -0.15) is 0 Å². The van der Waals surface area contributed by atoms with E-state index in [-0.39, 0.29) is 6.09 Å². The predicted molar refractivity (Wildman–Crippen MR) is 80.3 cm³/mol. The van der Waals surface area contributed by atoms with Crippen molar-refractivity contribution >= 4 is 6.09 Å². The van der Waals surface area contributed by atoms with Crippen molar-refractivity contribution in [3.63, 3.8) is 0 Å². The predicted octanol–water partition coefficient (Wildman–Crippen LogP) is 3.01. The first kappa shape index (κ1) is 17.7. The topological polar surface area (TPSA) is 50.4 Å². The first-order valence-corrected chi connectivity index (χ1v) is 6.73. The van der Waals surface area contributed by atoms with Crippen LogP contribution in [0.3, 0.4) is 0 Å². The van der Waals surface area contributed by atoms with Crippen molar-refractivity contribution in [3.8, 4) is 0 Å². The Labute approximate surface area is 117 Å². The third-order valence-corrected chi connectivity index (χ3v) is 2.38. The molecule has 0 heterocycles. The van der Waals surface area contributed by atoms with Crippen LogP contribution in [0.1, 0.15) is 41.0 Å². The molecular weight excluding hydrogens is 240 g/mol. The summed E-state index contributed by atoms with van der Waals surface area (Å²) >= 11 is 0. The molecule has 19 heavy (non-hydrogen) atoms. The molecule has 4 nitrogen and oxygen atoms in total. The lowest BCUT2D eigenvalue weighted by Crippen LogP contribution is -2.36. The number of amides is 1. The number of carbonyl (C=O) groups excluding carboxylic acids is 1. The molecule has 0 aliphatic rings. The minimum absolute atomic E-state index is 0.336. The Morgan fingerprint density at radius 1 is 1.42 bits per heavy atom. The summed E-state index contributed by atoms with van der Waals surface area (Å²) in [6, 6.07) is 0.336. The van der Waals surface area contributed by atoms with Gasteiger partial charge in [-0.25, -0.2) is 4.79 Å². The third-order valence-electron chi connectivity index (χ3n) is 2.38. The van der Waals surface area contributed by atoms with Crippen molar-refractivity contribution in [1.29, 1.82) is 0 Å². The molecule has 0 aromatic heterocycles. The van der Waals surface area contributed by atoms with Gasteiger partial charge in [-0.3, -0.25) is 0 Å². The van der Waals surface area contributed by atoms with E-state index in [4.69, 9.17) is 4.74 Å². The van der Waals surface area contributed by atoms with Crippen molar-refractivity contribution in [2.45, 2.75) is 52.7 Å². The van der Waals surface area contributed by atoms with E-state index in [0.29, 0.717) is 12.6 Å². The molecule has 2 N–H and O–H groups in total. The maximum absolute atomic E-state index is 11.4. The number of carbonyl (C=O) groups is 1. The van der Waals surface area contributed by atoms with E-state index in [2.05, 4.69) is 31.1 Å². The fraction of sp³-hybridized carbons (Fsp3) is 0.667. The minimum Gasteiger partial charge on any atom is -0.444 e. The molecule has 0 aromatic carbocycles. The molecular formula is C15H28N2O2. The van der Waals surface area contributed by atoms with Gasteiger partial charge in [0.05, 0.1) is 0 Å². The zero-order valence-electron chi connectivity index (χ0n) is 12.9. The highest BCUT2D eigenvalue weighted by molar-refractivity contribution is 5.67. The summed E-state index contributed by atoms with van der Waals surface area (Å²) in [5, 5.41) is 6.13. The Morgan fingerprint density at radius 3 is 2.58 bits per heavy atom. The summed E-state index contributed by atoms with van der Waals surface area (Å²) in [6.45, 7) is 14.8. The molecule has 4 heteroatoms. The average molecular weight is 268 g/mol. The lowest BCUT2D eigenvalue weighted by molar-refractivity contribution is 0.0526. The molecule has 0 radical (unpaired) electrons. The number of hydrogen-bond donors (Lipinski definition) is 2. The van der Waals surface area contributed by atoms with E-state index in [9.17, 15) is 4.79 Å². The number of allylic oxidation sites excluding steroid dienone is 2. The smallest absolute Gasteiger partial charge is 0.407 e. The Morgan fingerprint density at radius 2 is 2.05 bits per heavy atom. The Kier molecular flexibility index (Phi) is 8.16. The second kappa shape index (κ2) is 8.75. The molecule has 0 fully saturated rings. The second-order valence-corrected chi connectivity index (χ2v) is 5.75. The van der Waals surface area contributed by atoms with Crippen LogP contribution in [0.15, 0.2) is 24.3 Å². The standard InChI is InChI=1S/C15H28N2O2/c1-7-8-12(2)11-17-13(3)9-10-16-14(18)19-15(4,5)6/h7-8,13,17H,1,9-11H2,2-6H3,(H,16,18)/b12-8+. The van der Waals surface area contributed by atoms with Crippen LogP contribution in [0.5, 0.6) is 0 Å². The fourth-order valence-corrected chi connectivity index (χ4v) is 1.40. The fourth-order valence-electron chi connectivity index (χ4n) is 1.40. The summed E-state index contributed by atoms with van der Waals surface area (Å²) in [5.74, 6) is 0. The molecule has 0 saturated carbocycles. The highest BCUT2D eigenvalue weighted by atomic mass is 16.6. The Bertz CT molecular complexity index is 317. The van der Waals surface area contributed by atoms with Crippen LogP contribution in [-0.4, -0.2) is 30.8 Å². The van der Waals surface area contributed by atoms with Crippen molar-refractivity contribution in [2.75, 3.05) is 13.1 Å². The molecule has 0 saturated heterocycles. The van der Waals surface area contributed by atoms with Gasteiger partial charge in [0.25, 0.3) is 0 Å². The van der Waals surface area contributed by atoms with E-state index in [0.717, 1.165) is 13.0 Å². The van der Waals surface area contributed by atoms with Crippen LogP contribution in [0, 0.1) is 0 Å². The number of rotatable bonds is 7. The van der Waals surface area contributed by atoms with E-state index < -0.39 is 5.60 Å². The van der Waals surface area contributed by atoms with Crippen LogP contribution < -0.4 is 10.6 Å². The summed E-state index contributed by atoms with van der Waals surface area (Å²) < 4.78 is 5.16. The van der Waals surface area contributed by atoms with Crippen molar-refractivity contribution in [1.82, 2.24) is 10.6 Å². The molecule has 110 valence electrons. The molecule has 1 amide bonds. The molecule has 1 unspecified atom stereocenters. The van der Waals surface area contributed by atoms with Crippen LogP contribution in [0.2, 0.25) is 0 Å². The molecule has 0 aliphatic heterocycles. The SMILES string of the molecule is C=C/C=C(\C)CNC(C)CCNC(=O)OC(C)(C)C. The summed E-state index contributed by atoms with van der Waals surface area (Å²) in [5.41, 5.74) is 0.794. The highest BCUT2D eigenvalue weighted by Gasteiger charge is 2.15. The van der Waals surface area contributed by atoms with Crippen molar-refractivity contribution in [3.05, 3.63) is 24.3 Å². The van der Waals surface area contributed by atoms with Gasteiger partial charge < -0.3 is 15.4 Å². The highest BCUT2D eigenvalue weighted by Crippen LogP contribution is 2.06. The Hall–Kier alpha value is -1.29. The molecule has 1 atom stereocenters. The van der Waals surface area contributed by atoms with Crippen LogP contribution >= 0.6 is 0 Å². The number of nitrogens with one attached hydrogen (secondary N) is 2. The van der Waals surface area contributed by atoms with Crippen molar-refractivity contribution < 1.29 is 9.53 Å². The Balaban J connectivity index is 3.74. The van der Waals surface area contributed by atoms with Gasteiger partial charge in [-0.05, 0) is 41.0 Å². The van der Waals surface area contributed by atoms with E-state index >= 15 is 0 Å². The van der Waals surface area contributed by atoms with Crippen LogP contribution in [-0.2, 0) is 4.74 Å². The zero-order chi connectivity index (χ0) is 14.9. The molecule has 0 bridgehead atoms. The van der Waals surface area contributed by atoms with E-state index in [1.807, 2.05) is 26.8 Å². The largest absolute Gasteiger partial charge is 0.444 e. The lowest BCUT2D eigenvalue weighted by atomic mass is 10.2. The maximum atomic E-state index is 11.4. The van der Waals surface area contributed by atoms with Gasteiger partial charge in [-0.15, -0.1) is 0 Å².